The highest BCUT2D eigenvalue weighted by Gasteiger charge is 2.42. The first-order valence-corrected chi connectivity index (χ1v) is 23.2. The van der Waals surface area contributed by atoms with Crippen LogP contribution in [0.5, 0.6) is 0 Å². The molecule has 0 saturated heterocycles. The molecule has 0 bridgehead atoms. The maximum atomic E-state index is 2.47. The first-order chi connectivity index (χ1) is 28.6. The van der Waals surface area contributed by atoms with Crippen LogP contribution >= 0.6 is 0 Å². The van der Waals surface area contributed by atoms with Gasteiger partial charge in [-0.2, -0.15) is 0 Å². The van der Waals surface area contributed by atoms with Crippen molar-refractivity contribution in [1.29, 1.82) is 0 Å². The van der Waals surface area contributed by atoms with Gasteiger partial charge in [-0.15, -0.1) is 0 Å². The van der Waals surface area contributed by atoms with Gasteiger partial charge in [-0.1, -0.05) is 259 Å². The highest BCUT2D eigenvalue weighted by molar-refractivity contribution is 7.20. The van der Waals surface area contributed by atoms with E-state index >= 15 is 0 Å². The molecule has 8 aromatic carbocycles. The van der Waals surface area contributed by atoms with E-state index in [4.69, 9.17) is 0 Å². The quantitative estimate of drug-likeness (QED) is 0.109. The normalized spacial score (nSPS) is 11.4. The fourth-order valence-electron chi connectivity index (χ4n) is 10.3. The van der Waals surface area contributed by atoms with E-state index in [1.54, 1.807) is 0 Å². The molecule has 0 nitrogen and oxygen atoms in total. The summed E-state index contributed by atoms with van der Waals surface area (Å²) in [7, 11) is -2.81. The van der Waals surface area contributed by atoms with Crippen molar-refractivity contribution < 1.29 is 0 Å². The molecule has 0 spiro atoms. The van der Waals surface area contributed by atoms with Crippen LogP contribution in [0.2, 0.25) is 0 Å². The average molecular weight is 777 g/mol. The molecule has 0 aromatic heterocycles. The van der Waals surface area contributed by atoms with Gasteiger partial charge in [0.1, 0.15) is 0 Å². The fourth-order valence-corrected chi connectivity index (χ4v) is 15.1. The van der Waals surface area contributed by atoms with E-state index in [0.29, 0.717) is 0 Å². The summed E-state index contributed by atoms with van der Waals surface area (Å²) in [6.45, 7) is 18.3. The first kappa shape index (κ1) is 39.9. The second kappa shape index (κ2) is 16.8. The van der Waals surface area contributed by atoms with Crippen LogP contribution in [0.25, 0.3) is 0 Å². The third-order valence-electron chi connectivity index (χ3n) is 12.8. The zero-order chi connectivity index (χ0) is 41.3. The molecule has 0 unspecified atom stereocenters. The highest BCUT2D eigenvalue weighted by atomic mass is 28.3. The third-order valence-corrected chi connectivity index (χ3v) is 17.6. The smallest absolute Gasteiger partial charge is 0.0686 e. The lowest BCUT2D eigenvalue weighted by atomic mass is 9.35. The molecule has 8 rings (SSSR count). The minimum absolute atomic E-state index is 0.127. The van der Waals surface area contributed by atoms with Gasteiger partial charge in [-0.05, 0) is 76.1 Å². The second-order valence-electron chi connectivity index (χ2n) is 16.9. The van der Waals surface area contributed by atoms with Gasteiger partial charge in [0.2, 0.25) is 13.4 Å². The van der Waals surface area contributed by atoms with Gasteiger partial charge < -0.3 is 0 Å². The molecule has 0 saturated carbocycles. The van der Waals surface area contributed by atoms with Crippen molar-refractivity contribution in [3.8, 4) is 0 Å². The molecule has 0 radical (unpaired) electrons. The van der Waals surface area contributed by atoms with Crippen molar-refractivity contribution in [3.63, 3.8) is 0 Å². The van der Waals surface area contributed by atoms with Gasteiger partial charge in [-0.3, -0.25) is 0 Å². The van der Waals surface area contributed by atoms with E-state index in [9.17, 15) is 0 Å². The molecule has 8 aromatic rings. The second-order valence-corrected chi connectivity index (χ2v) is 20.7. The molecular formula is C56H54B2Si. The summed E-state index contributed by atoms with van der Waals surface area (Å²) in [5, 5.41) is 5.53. The largest absolute Gasteiger partial charge is 0.242 e. The van der Waals surface area contributed by atoms with Crippen LogP contribution in [0, 0.1) is 55.4 Å². The van der Waals surface area contributed by atoms with Gasteiger partial charge in [-0.25, -0.2) is 0 Å². The molecule has 288 valence electrons. The SMILES string of the molecule is Cc1cc(C)c(B(c2ccc([Si](c3ccccc3)(c3ccccc3)c3ccc(B(c4ccccc4C)c4c(C)cc(C)cc4C)cc3)cc2)c2ccccc2C)c(C)c1. The van der Waals surface area contributed by atoms with Gasteiger partial charge in [0.15, 0.2) is 8.07 Å². The summed E-state index contributed by atoms with van der Waals surface area (Å²) in [6.07, 6.45) is 0. The van der Waals surface area contributed by atoms with E-state index < -0.39 is 8.07 Å². The molecule has 0 atom stereocenters. The Hall–Kier alpha value is -5.89. The van der Waals surface area contributed by atoms with Gasteiger partial charge in [0.25, 0.3) is 0 Å². The lowest BCUT2D eigenvalue weighted by molar-refractivity contribution is 1.35. The average Bonchev–Trinajstić information content (AvgIpc) is 3.23. The van der Waals surface area contributed by atoms with Crippen LogP contribution in [0.1, 0.15) is 44.5 Å². The number of benzene rings is 8. The number of hydrogen-bond acceptors (Lipinski definition) is 0. The summed E-state index contributed by atoms with van der Waals surface area (Å²) >= 11 is 0. The summed E-state index contributed by atoms with van der Waals surface area (Å²) in [5.74, 6) is 0. The number of aryl methyl sites for hydroxylation is 8. The van der Waals surface area contributed by atoms with Crippen LogP contribution in [0.15, 0.2) is 182 Å². The summed E-state index contributed by atoms with van der Waals surface area (Å²) in [6, 6.07) is 69.5. The Kier molecular flexibility index (Phi) is 11.3. The number of rotatable bonds is 10. The van der Waals surface area contributed by atoms with Gasteiger partial charge >= 0.3 is 0 Å². The summed E-state index contributed by atoms with van der Waals surface area (Å²) in [4.78, 5) is 0. The monoisotopic (exact) mass is 776 g/mol. The van der Waals surface area contributed by atoms with E-state index in [0.717, 1.165) is 0 Å². The van der Waals surface area contributed by atoms with E-state index in [1.165, 1.54) is 98.0 Å². The van der Waals surface area contributed by atoms with Crippen molar-refractivity contribution >= 4 is 75.0 Å². The van der Waals surface area contributed by atoms with Crippen molar-refractivity contribution in [2.45, 2.75) is 55.4 Å². The topological polar surface area (TPSA) is 0 Å². The molecule has 0 heterocycles. The van der Waals surface area contributed by atoms with E-state index in [-0.39, 0.29) is 13.4 Å². The Morgan fingerprint density at radius 3 is 0.898 bits per heavy atom. The minimum atomic E-state index is -2.81. The standard InChI is InChI=1S/C56H54B2Si/c1-39-35-43(5)55(44(6)36-39)57(53-25-17-15-19-41(53)3)47-27-31-51(32-28-47)59(49-21-11-9-12-22-49,50-23-13-10-14-24-50)52-33-29-48(30-34-52)58(54-26-18-16-20-42(54)4)56-45(7)37-40(2)38-46(56)8/h9-38H,1-8H3. The third kappa shape index (κ3) is 7.50. The van der Waals surface area contributed by atoms with Crippen LogP contribution in [-0.2, 0) is 0 Å². The maximum Gasteiger partial charge on any atom is 0.242 e. The Morgan fingerprint density at radius 1 is 0.288 bits per heavy atom. The molecule has 0 N–H and O–H groups in total. The van der Waals surface area contributed by atoms with E-state index in [2.05, 4.69) is 237 Å². The first-order valence-electron chi connectivity index (χ1n) is 21.2. The Balaban J connectivity index is 1.34. The van der Waals surface area contributed by atoms with Gasteiger partial charge in [0.05, 0.1) is 0 Å². The predicted octanol–water partition coefficient (Wildman–Crippen LogP) is 6.56. The predicted molar refractivity (Wildman–Crippen MR) is 263 cm³/mol. The lowest BCUT2D eigenvalue weighted by Crippen LogP contribution is -2.75. The zero-order valence-corrected chi connectivity index (χ0v) is 37.0. The van der Waals surface area contributed by atoms with Crippen LogP contribution in [0.4, 0.5) is 0 Å². The zero-order valence-electron chi connectivity index (χ0n) is 36.0. The summed E-state index contributed by atoms with van der Waals surface area (Å²) in [5.41, 5.74) is 18.8. The van der Waals surface area contributed by atoms with Crippen LogP contribution < -0.4 is 53.5 Å². The summed E-state index contributed by atoms with van der Waals surface area (Å²) < 4.78 is 0. The molecule has 59 heavy (non-hydrogen) atoms. The fraction of sp³-hybridized carbons (Fsp3) is 0.143. The van der Waals surface area contributed by atoms with Crippen LogP contribution in [0.3, 0.4) is 0 Å². The van der Waals surface area contributed by atoms with Crippen molar-refractivity contribution in [2.24, 2.45) is 0 Å². The van der Waals surface area contributed by atoms with Crippen LogP contribution in [-0.4, -0.2) is 21.5 Å². The van der Waals surface area contributed by atoms with Crippen molar-refractivity contribution in [3.05, 3.63) is 226 Å². The Labute approximate surface area is 355 Å². The molecule has 0 fully saturated rings. The highest BCUT2D eigenvalue weighted by Crippen LogP contribution is 2.14. The van der Waals surface area contributed by atoms with E-state index in [1.807, 2.05) is 0 Å². The Bertz CT molecular complexity index is 2500. The lowest BCUT2D eigenvalue weighted by Gasteiger charge is -2.35. The minimum Gasteiger partial charge on any atom is -0.0686 e. The number of hydrogen-bond donors (Lipinski definition) is 0. The molecular weight excluding hydrogens is 722 g/mol. The van der Waals surface area contributed by atoms with Crippen molar-refractivity contribution in [2.75, 3.05) is 0 Å². The molecule has 0 aliphatic rings. The Morgan fingerprint density at radius 2 is 0.576 bits per heavy atom. The molecule has 0 aliphatic heterocycles. The molecule has 3 heteroatoms. The molecule has 0 amide bonds. The van der Waals surface area contributed by atoms with Crippen molar-refractivity contribution in [1.82, 2.24) is 0 Å². The molecule has 0 aliphatic carbocycles. The van der Waals surface area contributed by atoms with Gasteiger partial charge in [0, 0.05) is 0 Å². The maximum absolute atomic E-state index is 2.81.